The van der Waals surface area contributed by atoms with Crippen molar-refractivity contribution in [2.75, 3.05) is 0 Å². The Balaban J connectivity index is 2.32. The van der Waals surface area contributed by atoms with Gasteiger partial charge in [0.25, 0.3) is 0 Å². The zero-order valence-corrected chi connectivity index (χ0v) is 13.8. The number of rotatable bonds is 5. The van der Waals surface area contributed by atoms with Crippen molar-refractivity contribution >= 4 is 34.8 Å². The standard InChI is InChI=1S/C16H16Cl3NO/c1-2-15(20)16(10-4-3-5-11(17)6-10)21-14-8-12(18)7-13(19)9-14/h3-9,15-16H,2,20H2,1H3. The Morgan fingerprint density at radius 3 is 2.24 bits per heavy atom. The first kappa shape index (κ1) is 16.4. The Morgan fingerprint density at radius 2 is 1.67 bits per heavy atom. The van der Waals surface area contributed by atoms with Gasteiger partial charge in [0.2, 0.25) is 0 Å². The molecule has 21 heavy (non-hydrogen) atoms. The fourth-order valence-electron chi connectivity index (χ4n) is 2.04. The van der Waals surface area contributed by atoms with Crippen molar-refractivity contribution in [3.05, 3.63) is 63.1 Å². The fraction of sp³-hybridized carbons (Fsp3) is 0.250. The van der Waals surface area contributed by atoms with E-state index in [4.69, 9.17) is 45.3 Å². The van der Waals surface area contributed by atoms with Gasteiger partial charge in [0.1, 0.15) is 11.9 Å². The Hall–Kier alpha value is -0.930. The smallest absolute Gasteiger partial charge is 0.139 e. The van der Waals surface area contributed by atoms with Crippen LogP contribution in [0.4, 0.5) is 0 Å². The summed E-state index contributed by atoms with van der Waals surface area (Å²) in [6.07, 6.45) is 0.453. The van der Waals surface area contributed by atoms with E-state index in [9.17, 15) is 0 Å². The molecular formula is C16H16Cl3NO. The zero-order valence-electron chi connectivity index (χ0n) is 11.5. The molecule has 0 aliphatic carbocycles. The fourth-order valence-corrected chi connectivity index (χ4v) is 2.75. The molecule has 0 saturated carbocycles. The van der Waals surface area contributed by atoms with Gasteiger partial charge in [-0.05, 0) is 42.3 Å². The van der Waals surface area contributed by atoms with E-state index in [0.29, 0.717) is 20.8 Å². The van der Waals surface area contributed by atoms with Crippen LogP contribution in [0.25, 0.3) is 0 Å². The van der Waals surface area contributed by atoms with E-state index in [-0.39, 0.29) is 12.1 Å². The van der Waals surface area contributed by atoms with E-state index in [1.54, 1.807) is 18.2 Å². The molecule has 2 aromatic rings. The molecule has 0 saturated heterocycles. The third-order valence-corrected chi connectivity index (χ3v) is 3.81. The maximum atomic E-state index is 6.19. The lowest BCUT2D eigenvalue weighted by Crippen LogP contribution is -2.31. The summed E-state index contributed by atoms with van der Waals surface area (Å²) in [5.41, 5.74) is 7.11. The predicted octanol–water partition coefficient (Wildman–Crippen LogP) is 5.50. The average Bonchev–Trinajstić information content (AvgIpc) is 2.43. The van der Waals surface area contributed by atoms with Gasteiger partial charge in [0, 0.05) is 21.1 Å². The van der Waals surface area contributed by atoms with Crippen LogP contribution in [0.1, 0.15) is 25.0 Å². The van der Waals surface area contributed by atoms with Gasteiger partial charge < -0.3 is 10.5 Å². The number of hydrogen-bond acceptors (Lipinski definition) is 2. The van der Waals surface area contributed by atoms with Gasteiger partial charge in [-0.3, -0.25) is 0 Å². The van der Waals surface area contributed by atoms with Crippen molar-refractivity contribution < 1.29 is 4.74 Å². The maximum absolute atomic E-state index is 6.19. The molecule has 2 atom stereocenters. The molecule has 0 aromatic heterocycles. The third kappa shape index (κ3) is 4.52. The van der Waals surface area contributed by atoms with Gasteiger partial charge >= 0.3 is 0 Å². The van der Waals surface area contributed by atoms with Crippen LogP contribution in [0.2, 0.25) is 15.1 Å². The zero-order chi connectivity index (χ0) is 15.4. The Labute approximate surface area is 139 Å². The van der Waals surface area contributed by atoms with Crippen LogP contribution >= 0.6 is 34.8 Å². The summed E-state index contributed by atoms with van der Waals surface area (Å²) in [7, 11) is 0. The van der Waals surface area contributed by atoms with E-state index in [2.05, 4.69) is 0 Å². The van der Waals surface area contributed by atoms with E-state index in [1.807, 2.05) is 31.2 Å². The SMILES string of the molecule is CCC(N)C(Oc1cc(Cl)cc(Cl)c1)c1cccc(Cl)c1. The first-order chi connectivity index (χ1) is 9.99. The van der Waals surface area contributed by atoms with Crippen molar-refractivity contribution in [3.8, 4) is 5.75 Å². The van der Waals surface area contributed by atoms with Crippen LogP contribution in [0.5, 0.6) is 5.75 Å². The van der Waals surface area contributed by atoms with Gasteiger partial charge in [0.15, 0.2) is 0 Å². The minimum Gasteiger partial charge on any atom is -0.484 e. The molecule has 0 aliphatic heterocycles. The summed E-state index contributed by atoms with van der Waals surface area (Å²) in [6, 6.07) is 12.4. The molecule has 0 heterocycles. The molecule has 2 N–H and O–H groups in total. The van der Waals surface area contributed by atoms with Gasteiger partial charge in [-0.15, -0.1) is 0 Å². The van der Waals surface area contributed by atoms with Crippen LogP contribution in [0, 0.1) is 0 Å². The van der Waals surface area contributed by atoms with Crippen LogP contribution in [-0.4, -0.2) is 6.04 Å². The van der Waals surface area contributed by atoms with Crippen molar-refractivity contribution in [1.29, 1.82) is 0 Å². The highest BCUT2D eigenvalue weighted by Gasteiger charge is 2.21. The number of halogens is 3. The lowest BCUT2D eigenvalue weighted by molar-refractivity contribution is 0.171. The lowest BCUT2D eigenvalue weighted by Gasteiger charge is -2.25. The molecule has 2 unspecified atom stereocenters. The maximum Gasteiger partial charge on any atom is 0.139 e. The summed E-state index contributed by atoms with van der Waals surface area (Å²) in [5, 5.41) is 1.69. The van der Waals surface area contributed by atoms with Gasteiger partial charge in [-0.1, -0.05) is 53.9 Å². The molecule has 0 radical (unpaired) electrons. The monoisotopic (exact) mass is 343 g/mol. The van der Waals surface area contributed by atoms with E-state index in [0.717, 1.165) is 12.0 Å². The Morgan fingerprint density at radius 1 is 1.00 bits per heavy atom. The molecule has 0 amide bonds. The molecule has 0 bridgehead atoms. The van der Waals surface area contributed by atoms with Gasteiger partial charge in [-0.2, -0.15) is 0 Å². The van der Waals surface area contributed by atoms with Crippen molar-refractivity contribution in [3.63, 3.8) is 0 Å². The minimum absolute atomic E-state index is 0.166. The minimum atomic E-state index is -0.316. The topological polar surface area (TPSA) is 35.2 Å². The highest BCUT2D eigenvalue weighted by molar-refractivity contribution is 6.34. The van der Waals surface area contributed by atoms with E-state index in [1.165, 1.54) is 0 Å². The van der Waals surface area contributed by atoms with Crippen LogP contribution < -0.4 is 10.5 Å². The second-order valence-corrected chi connectivity index (χ2v) is 6.08. The Bertz CT molecular complexity index is 598. The normalized spacial score (nSPS) is 13.8. The summed E-state index contributed by atoms with van der Waals surface area (Å²) in [6.45, 7) is 2.01. The van der Waals surface area contributed by atoms with E-state index < -0.39 is 0 Å². The lowest BCUT2D eigenvalue weighted by atomic mass is 10.0. The number of benzene rings is 2. The molecule has 0 spiro atoms. The number of hydrogen-bond donors (Lipinski definition) is 1. The summed E-state index contributed by atoms with van der Waals surface area (Å²) >= 11 is 18.1. The molecule has 0 aliphatic rings. The first-order valence-corrected chi connectivity index (χ1v) is 7.76. The van der Waals surface area contributed by atoms with Crippen molar-refractivity contribution in [2.45, 2.75) is 25.5 Å². The second kappa shape index (κ2) is 7.37. The Kier molecular flexibility index (Phi) is 5.77. The quantitative estimate of drug-likeness (QED) is 0.776. The highest BCUT2D eigenvalue weighted by Crippen LogP contribution is 2.30. The van der Waals surface area contributed by atoms with Gasteiger partial charge in [0.05, 0.1) is 0 Å². The average molecular weight is 345 g/mol. The second-order valence-electron chi connectivity index (χ2n) is 4.77. The van der Waals surface area contributed by atoms with Crippen LogP contribution in [0.3, 0.4) is 0 Å². The first-order valence-electron chi connectivity index (χ1n) is 6.63. The molecule has 112 valence electrons. The predicted molar refractivity (Wildman–Crippen MR) is 89.5 cm³/mol. The van der Waals surface area contributed by atoms with Crippen molar-refractivity contribution in [2.24, 2.45) is 5.73 Å². The third-order valence-electron chi connectivity index (χ3n) is 3.14. The molecule has 2 nitrogen and oxygen atoms in total. The largest absolute Gasteiger partial charge is 0.484 e. The van der Waals surface area contributed by atoms with E-state index >= 15 is 0 Å². The van der Waals surface area contributed by atoms with Gasteiger partial charge in [-0.25, -0.2) is 0 Å². The summed E-state index contributed by atoms with van der Waals surface area (Å²) in [4.78, 5) is 0. The summed E-state index contributed by atoms with van der Waals surface area (Å²) < 4.78 is 6.02. The molecule has 2 rings (SSSR count). The number of ether oxygens (including phenoxy) is 1. The molecule has 0 fully saturated rings. The van der Waals surface area contributed by atoms with Crippen molar-refractivity contribution in [1.82, 2.24) is 0 Å². The summed E-state index contributed by atoms with van der Waals surface area (Å²) in [5.74, 6) is 0.585. The molecular weight excluding hydrogens is 329 g/mol. The number of nitrogens with two attached hydrogens (primary N) is 1. The molecule has 5 heteroatoms. The van der Waals surface area contributed by atoms with Crippen LogP contribution in [0.15, 0.2) is 42.5 Å². The van der Waals surface area contributed by atoms with Crippen LogP contribution in [-0.2, 0) is 0 Å². The molecule has 2 aromatic carbocycles. The highest BCUT2D eigenvalue weighted by atomic mass is 35.5.